The first-order valence-corrected chi connectivity index (χ1v) is 11.4. The molecular formula is C24H26N6O5. The minimum absolute atomic E-state index is 0.0726. The number of rotatable bonds is 8. The van der Waals surface area contributed by atoms with E-state index >= 15 is 0 Å². The number of carbonyl (C=O) groups is 5. The highest BCUT2D eigenvalue weighted by Crippen LogP contribution is 2.32. The van der Waals surface area contributed by atoms with E-state index in [2.05, 4.69) is 26.3 Å². The molecule has 1 unspecified atom stereocenters. The summed E-state index contributed by atoms with van der Waals surface area (Å²) in [5.74, 6) is -2.14. The molecule has 1 atom stereocenters. The molecule has 182 valence electrons. The van der Waals surface area contributed by atoms with Crippen LogP contribution >= 0.6 is 0 Å². The Hall–Kier alpha value is -4.28. The summed E-state index contributed by atoms with van der Waals surface area (Å²) in [6.07, 6.45) is 3.21. The van der Waals surface area contributed by atoms with Crippen LogP contribution in [0.3, 0.4) is 0 Å². The van der Waals surface area contributed by atoms with Crippen LogP contribution in [0.1, 0.15) is 52.1 Å². The lowest BCUT2D eigenvalue weighted by Crippen LogP contribution is -2.54. The van der Waals surface area contributed by atoms with Gasteiger partial charge in [0.1, 0.15) is 6.04 Å². The lowest BCUT2D eigenvalue weighted by Gasteiger charge is -2.27. The lowest BCUT2D eigenvalue weighted by atomic mass is 10.0. The van der Waals surface area contributed by atoms with Crippen molar-refractivity contribution in [3.05, 3.63) is 53.3 Å². The van der Waals surface area contributed by atoms with Crippen LogP contribution in [0.2, 0.25) is 0 Å². The van der Waals surface area contributed by atoms with Crippen molar-refractivity contribution in [2.75, 3.05) is 23.7 Å². The number of nitrogens with zero attached hydrogens (tertiary/aromatic N) is 2. The minimum atomic E-state index is -0.999. The molecule has 1 aromatic heterocycles. The number of benzene rings is 1. The molecule has 6 amide bonds. The second kappa shape index (κ2) is 10.3. The number of carbonyl (C=O) groups excluding carboxylic acids is 5. The summed E-state index contributed by atoms with van der Waals surface area (Å²) in [5.41, 5.74) is 2.44. The van der Waals surface area contributed by atoms with Gasteiger partial charge in [0, 0.05) is 42.8 Å². The Morgan fingerprint density at radius 2 is 1.91 bits per heavy atom. The average molecular weight is 479 g/mol. The van der Waals surface area contributed by atoms with Crippen molar-refractivity contribution in [2.45, 2.75) is 38.6 Å². The number of piperidine rings is 1. The number of imide groups is 2. The second-order valence-corrected chi connectivity index (χ2v) is 8.38. The summed E-state index contributed by atoms with van der Waals surface area (Å²) in [5, 5.41) is 10.9. The predicted octanol–water partition coefficient (Wildman–Crippen LogP) is 1.81. The van der Waals surface area contributed by atoms with Gasteiger partial charge < -0.3 is 16.0 Å². The van der Waals surface area contributed by atoms with Crippen molar-refractivity contribution in [1.82, 2.24) is 20.5 Å². The molecule has 4 N–H and O–H groups in total. The van der Waals surface area contributed by atoms with Crippen LogP contribution in [-0.2, 0) is 9.59 Å². The van der Waals surface area contributed by atoms with Gasteiger partial charge in [0.15, 0.2) is 0 Å². The first kappa shape index (κ1) is 23.9. The van der Waals surface area contributed by atoms with Gasteiger partial charge in [-0.15, -0.1) is 0 Å². The smallest absolute Gasteiger partial charge is 0.319 e. The number of nitrogens with one attached hydrogen (secondary N) is 4. The fraction of sp³-hybridized carbons (Fsp3) is 0.333. The van der Waals surface area contributed by atoms with Crippen molar-refractivity contribution in [2.24, 2.45) is 0 Å². The van der Waals surface area contributed by atoms with Crippen LogP contribution in [0.5, 0.6) is 0 Å². The number of hydrogen-bond donors (Lipinski definition) is 4. The maximum atomic E-state index is 13.1. The van der Waals surface area contributed by atoms with E-state index in [9.17, 15) is 24.0 Å². The molecule has 3 heterocycles. The topological polar surface area (TPSA) is 150 Å². The summed E-state index contributed by atoms with van der Waals surface area (Å²) in [4.78, 5) is 66.6. The number of hydrogen-bond acceptors (Lipinski definition) is 7. The first-order valence-electron chi connectivity index (χ1n) is 11.4. The predicted molar refractivity (Wildman–Crippen MR) is 127 cm³/mol. The van der Waals surface area contributed by atoms with E-state index in [1.165, 1.54) is 0 Å². The van der Waals surface area contributed by atoms with Crippen LogP contribution in [0, 0.1) is 6.92 Å². The Balaban J connectivity index is 1.27. The fourth-order valence-electron chi connectivity index (χ4n) is 4.14. The molecule has 0 bridgehead atoms. The van der Waals surface area contributed by atoms with Crippen molar-refractivity contribution >= 4 is 41.0 Å². The number of urea groups is 1. The Morgan fingerprint density at radius 1 is 1.11 bits per heavy atom. The highest BCUT2D eigenvalue weighted by Gasteiger charge is 2.45. The van der Waals surface area contributed by atoms with E-state index in [1.54, 1.807) is 36.5 Å². The first-order chi connectivity index (χ1) is 16.8. The van der Waals surface area contributed by atoms with Gasteiger partial charge >= 0.3 is 6.03 Å². The Kier molecular flexibility index (Phi) is 7.04. The van der Waals surface area contributed by atoms with E-state index in [4.69, 9.17) is 0 Å². The third kappa shape index (κ3) is 5.29. The minimum Gasteiger partial charge on any atom is -0.384 e. The molecule has 0 radical (unpaired) electrons. The molecule has 35 heavy (non-hydrogen) atoms. The van der Waals surface area contributed by atoms with E-state index in [-0.39, 0.29) is 30.0 Å². The zero-order valence-corrected chi connectivity index (χ0v) is 19.2. The monoisotopic (exact) mass is 478 g/mol. The Labute approximate surface area is 201 Å². The maximum Gasteiger partial charge on any atom is 0.319 e. The number of unbranched alkanes of at least 4 members (excludes halogenated alkanes) is 1. The quantitative estimate of drug-likeness (QED) is 0.334. The molecule has 1 fully saturated rings. The van der Waals surface area contributed by atoms with Gasteiger partial charge in [-0.25, -0.2) is 4.79 Å². The van der Waals surface area contributed by atoms with Crippen molar-refractivity contribution in [3.63, 3.8) is 0 Å². The van der Waals surface area contributed by atoms with Crippen molar-refractivity contribution in [3.8, 4) is 0 Å². The van der Waals surface area contributed by atoms with Crippen LogP contribution in [0.4, 0.5) is 16.2 Å². The van der Waals surface area contributed by atoms with Gasteiger partial charge in [-0.2, -0.15) is 0 Å². The number of aromatic nitrogens is 1. The zero-order valence-electron chi connectivity index (χ0n) is 19.2. The van der Waals surface area contributed by atoms with Gasteiger partial charge in [-0.3, -0.25) is 34.4 Å². The molecule has 1 aromatic carbocycles. The molecule has 11 nitrogen and oxygen atoms in total. The van der Waals surface area contributed by atoms with Crippen LogP contribution < -0.4 is 21.3 Å². The molecule has 2 aliphatic rings. The van der Waals surface area contributed by atoms with Gasteiger partial charge in [0.05, 0.1) is 11.1 Å². The van der Waals surface area contributed by atoms with E-state index in [0.717, 1.165) is 10.6 Å². The summed E-state index contributed by atoms with van der Waals surface area (Å²) < 4.78 is 0. The summed E-state index contributed by atoms with van der Waals surface area (Å²) in [6, 6.07) is 7.12. The maximum absolute atomic E-state index is 13.1. The molecule has 1 saturated heterocycles. The van der Waals surface area contributed by atoms with Gasteiger partial charge in [0.25, 0.3) is 11.8 Å². The largest absolute Gasteiger partial charge is 0.384 e. The van der Waals surface area contributed by atoms with Gasteiger partial charge in [0.2, 0.25) is 11.8 Å². The van der Waals surface area contributed by atoms with Gasteiger partial charge in [-0.1, -0.05) is 6.07 Å². The number of pyridine rings is 1. The number of amides is 6. The fourth-order valence-corrected chi connectivity index (χ4v) is 4.14. The zero-order chi connectivity index (χ0) is 24.9. The van der Waals surface area contributed by atoms with Crippen molar-refractivity contribution in [1.29, 1.82) is 0 Å². The van der Waals surface area contributed by atoms with E-state index in [0.29, 0.717) is 37.3 Å². The molecule has 0 saturated carbocycles. The highest BCUT2D eigenvalue weighted by molar-refractivity contribution is 6.25. The summed E-state index contributed by atoms with van der Waals surface area (Å²) in [7, 11) is 0. The molecule has 0 spiro atoms. The normalized spacial score (nSPS) is 17.2. The lowest BCUT2D eigenvalue weighted by molar-refractivity contribution is -0.136. The number of fused-ring (bicyclic) bond motifs is 1. The Morgan fingerprint density at radius 3 is 2.69 bits per heavy atom. The standard InChI is InChI=1S/C24H26N6O5/c1-14-13-15(9-12-25-14)28-24(35)27-11-3-2-10-26-17-6-4-5-16-20(17)23(34)30(22(16)33)18-7-8-19(31)29-21(18)32/h4-6,9,12-13,18,26H,2-3,7-8,10-11H2,1H3,(H,29,31,32)(H2,25,27,28,35). The third-order valence-electron chi connectivity index (χ3n) is 5.83. The molecule has 2 aromatic rings. The molecule has 4 rings (SSSR count). The SMILES string of the molecule is Cc1cc(NC(=O)NCCCCNc2cccc3c2C(=O)N(C2CCC(=O)NC2=O)C3=O)ccn1. The molecular weight excluding hydrogens is 452 g/mol. The summed E-state index contributed by atoms with van der Waals surface area (Å²) in [6.45, 7) is 2.82. The number of aryl methyl sites for hydroxylation is 1. The van der Waals surface area contributed by atoms with E-state index in [1.807, 2.05) is 6.92 Å². The van der Waals surface area contributed by atoms with Crippen LogP contribution in [-0.4, -0.2) is 58.7 Å². The van der Waals surface area contributed by atoms with Gasteiger partial charge in [-0.05, 0) is 50.5 Å². The van der Waals surface area contributed by atoms with E-state index < -0.39 is 29.7 Å². The summed E-state index contributed by atoms with van der Waals surface area (Å²) >= 11 is 0. The van der Waals surface area contributed by atoms with Crippen LogP contribution in [0.15, 0.2) is 36.5 Å². The molecule has 2 aliphatic heterocycles. The van der Waals surface area contributed by atoms with Crippen molar-refractivity contribution < 1.29 is 24.0 Å². The number of anilines is 2. The van der Waals surface area contributed by atoms with Crippen LogP contribution in [0.25, 0.3) is 0 Å². The average Bonchev–Trinajstić information content (AvgIpc) is 3.07. The Bertz CT molecular complexity index is 1200. The second-order valence-electron chi connectivity index (χ2n) is 8.38. The third-order valence-corrected chi connectivity index (χ3v) is 5.83. The highest BCUT2D eigenvalue weighted by atomic mass is 16.2. The molecule has 0 aliphatic carbocycles. The molecule has 11 heteroatoms.